The maximum absolute atomic E-state index is 12.0. The third kappa shape index (κ3) is 4.31. The van der Waals surface area contributed by atoms with E-state index in [1.165, 1.54) is 12.0 Å². The lowest BCUT2D eigenvalue weighted by Crippen LogP contribution is -2.45. The van der Waals surface area contributed by atoms with Crippen molar-refractivity contribution in [1.82, 2.24) is 5.32 Å². The molecule has 2 rings (SSSR count). The monoisotopic (exact) mass is 288 g/mol. The summed E-state index contributed by atoms with van der Waals surface area (Å²) in [5.74, 6) is -0.676. The highest BCUT2D eigenvalue weighted by Gasteiger charge is 2.25. The summed E-state index contributed by atoms with van der Waals surface area (Å²) in [6, 6.07) is 7.69. The van der Waals surface area contributed by atoms with Crippen LogP contribution in [0.2, 0.25) is 0 Å². The van der Waals surface area contributed by atoms with Crippen LogP contribution in [0.1, 0.15) is 45.1 Å². The molecule has 4 nitrogen and oxygen atoms in total. The Morgan fingerprint density at radius 2 is 1.76 bits per heavy atom. The van der Waals surface area contributed by atoms with Crippen molar-refractivity contribution in [3.8, 4) is 0 Å². The van der Waals surface area contributed by atoms with E-state index >= 15 is 0 Å². The Kier molecular flexibility index (Phi) is 5.37. The Morgan fingerprint density at radius 1 is 1.10 bits per heavy atom. The van der Waals surface area contributed by atoms with Crippen LogP contribution in [0.3, 0.4) is 0 Å². The summed E-state index contributed by atoms with van der Waals surface area (Å²) in [6.45, 7) is 4.21. The molecule has 1 aliphatic rings. The van der Waals surface area contributed by atoms with Gasteiger partial charge >= 0.3 is 11.8 Å². The first-order valence-electron chi connectivity index (χ1n) is 7.81. The maximum atomic E-state index is 12.0. The molecular formula is C17H24N2O2. The van der Waals surface area contributed by atoms with Crippen LogP contribution in [0.15, 0.2) is 24.3 Å². The van der Waals surface area contributed by atoms with E-state index in [0.717, 1.165) is 25.7 Å². The van der Waals surface area contributed by atoms with Crippen LogP contribution in [0.5, 0.6) is 0 Å². The second kappa shape index (κ2) is 7.25. The summed E-state index contributed by atoms with van der Waals surface area (Å²) in [5.41, 5.74) is 1.86. The van der Waals surface area contributed by atoms with Gasteiger partial charge in [0.25, 0.3) is 0 Å². The predicted molar refractivity (Wildman–Crippen MR) is 84.0 cm³/mol. The van der Waals surface area contributed by atoms with Gasteiger partial charge in [0.1, 0.15) is 0 Å². The second-order valence-corrected chi connectivity index (χ2v) is 5.85. The fraction of sp³-hybridized carbons (Fsp3) is 0.529. The summed E-state index contributed by atoms with van der Waals surface area (Å²) in [6.07, 6.45) is 5.36. The summed E-state index contributed by atoms with van der Waals surface area (Å²) in [4.78, 5) is 23.9. The standard InChI is InChI=1S/C17H24N2O2/c1-3-13-8-10-14(11-9-13)18-16(20)17(21)19-15-7-5-4-6-12(15)2/h8-12,15H,3-7H2,1-2H3,(H,18,20)(H,19,21)/t12-,15+/m0/s1. The van der Waals surface area contributed by atoms with E-state index in [1.807, 2.05) is 24.3 Å². The fourth-order valence-electron chi connectivity index (χ4n) is 2.78. The van der Waals surface area contributed by atoms with E-state index in [9.17, 15) is 9.59 Å². The quantitative estimate of drug-likeness (QED) is 0.840. The molecule has 4 heteroatoms. The highest BCUT2D eigenvalue weighted by Crippen LogP contribution is 2.23. The Hall–Kier alpha value is -1.84. The van der Waals surface area contributed by atoms with Crippen molar-refractivity contribution in [3.05, 3.63) is 29.8 Å². The van der Waals surface area contributed by atoms with Gasteiger partial charge in [0.05, 0.1) is 0 Å². The molecule has 2 atom stereocenters. The first kappa shape index (κ1) is 15.5. The molecule has 0 unspecified atom stereocenters. The zero-order chi connectivity index (χ0) is 15.2. The van der Waals surface area contributed by atoms with E-state index in [4.69, 9.17) is 0 Å². The first-order chi connectivity index (χ1) is 10.1. The predicted octanol–water partition coefficient (Wildman–Crippen LogP) is 2.88. The Balaban J connectivity index is 1.88. The molecule has 1 aliphatic carbocycles. The van der Waals surface area contributed by atoms with Crippen LogP contribution < -0.4 is 10.6 Å². The molecule has 114 valence electrons. The average molecular weight is 288 g/mol. The van der Waals surface area contributed by atoms with Gasteiger partial charge in [-0.1, -0.05) is 38.8 Å². The zero-order valence-corrected chi connectivity index (χ0v) is 12.8. The number of amides is 2. The average Bonchev–Trinajstić information content (AvgIpc) is 2.50. The van der Waals surface area contributed by atoms with Crippen molar-refractivity contribution in [1.29, 1.82) is 0 Å². The van der Waals surface area contributed by atoms with E-state index in [-0.39, 0.29) is 6.04 Å². The molecule has 2 amide bonds. The molecular weight excluding hydrogens is 264 g/mol. The number of rotatable bonds is 3. The van der Waals surface area contributed by atoms with Crippen molar-refractivity contribution in [2.75, 3.05) is 5.32 Å². The minimum Gasteiger partial charge on any atom is -0.345 e. The summed E-state index contributed by atoms with van der Waals surface area (Å²) in [5, 5.41) is 5.51. The number of anilines is 1. The van der Waals surface area contributed by atoms with E-state index < -0.39 is 11.8 Å². The first-order valence-corrected chi connectivity index (χ1v) is 7.81. The van der Waals surface area contributed by atoms with Crippen molar-refractivity contribution < 1.29 is 9.59 Å². The zero-order valence-electron chi connectivity index (χ0n) is 12.8. The van der Waals surface area contributed by atoms with Crippen LogP contribution in [-0.2, 0) is 16.0 Å². The normalized spacial score (nSPS) is 21.6. The lowest BCUT2D eigenvalue weighted by molar-refractivity contribution is -0.137. The molecule has 2 N–H and O–H groups in total. The highest BCUT2D eigenvalue weighted by atomic mass is 16.2. The minimum absolute atomic E-state index is 0.125. The van der Waals surface area contributed by atoms with Gasteiger partial charge in [-0.05, 0) is 42.9 Å². The smallest absolute Gasteiger partial charge is 0.313 e. The Bertz CT molecular complexity index is 496. The number of hydrogen-bond acceptors (Lipinski definition) is 2. The van der Waals surface area contributed by atoms with Gasteiger partial charge in [0.2, 0.25) is 0 Å². The topological polar surface area (TPSA) is 58.2 Å². The van der Waals surface area contributed by atoms with Crippen LogP contribution >= 0.6 is 0 Å². The molecule has 0 aromatic heterocycles. The minimum atomic E-state index is -0.586. The third-order valence-electron chi connectivity index (χ3n) is 4.25. The number of benzene rings is 1. The SMILES string of the molecule is CCc1ccc(NC(=O)C(=O)N[C@@H]2CCCC[C@@H]2C)cc1. The van der Waals surface area contributed by atoms with Crippen molar-refractivity contribution in [2.45, 2.75) is 52.0 Å². The molecule has 1 saturated carbocycles. The summed E-state index contributed by atoms with van der Waals surface area (Å²) >= 11 is 0. The second-order valence-electron chi connectivity index (χ2n) is 5.85. The van der Waals surface area contributed by atoms with Gasteiger partial charge in [-0.3, -0.25) is 9.59 Å². The molecule has 0 aliphatic heterocycles. The molecule has 21 heavy (non-hydrogen) atoms. The van der Waals surface area contributed by atoms with Gasteiger partial charge < -0.3 is 10.6 Å². The number of hydrogen-bond donors (Lipinski definition) is 2. The van der Waals surface area contributed by atoms with Gasteiger partial charge in [-0.25, -0.2) is 0 Å². The van der Waals surface area contributed by atoms with E-state index in [2.05, 4.69) is 24.5 Å². The summed E-state index contributed by atoms with van der Waals surface area (Å²) < 4.78 is 0. The number of carbonyl (C=O) groups excluding carboxylic acids is 2. The number of carbonyl (C=O) groups is 2. The van der Waals surface area contributed by atoms with Gasteiger partial charge in [-0.15, -0.1) is 0 Å². The molecule has 1 aromatic rings. The van der Waals surface area contributed by atoms with Crippen molar-refractivity contribution in [2.24, 2.45) is 5.92 Å². The van der Waals surface area contributed by atoms with Crippen LogP contribution in [0.4, 0.5) is 5.69 Å². The highest BCUT2D eigenvalue weighted by molar-refractivity contribution is 6.39. The Morgan fingerprint density at radius 3 is 2.38 bits per heavy atom. The lowest BCUT2D eigenvalue weighted by Gasteiger charge is -2.29. The third-order valence-corrected chi connectivity index (χ3v) is 4.25. The van der Waals surface area contributed by atoms with Gasteiger partial charge in [0, 0.05) is 11.7 Å². The molecule has 0 radical (unpaired) electrons. The van der Waals surface area contributed by atoms with E-state index in [0.29, 0.717) is 11.6 Å². The summed E-state index contributed by atoms with van der Waals surface area (Å²) in [7, 11) is 0. The van der Waals surface area contributed by atoms with Gasteiger partial charge in [0.15, 0.2) is 0 Å². The fourth-order valence-corrected chi connectivity index (χ4v) is 2.78. The largest absolute Gasteiger partial charge is 0.345 e. The van der Waals surface area contributed by atoms with Crippen LogP contribution in [-0.4, -0.2) is 17.9 Å². The number of aryl methyl sites for hydroxylation is 1. The van der Waals surface area contributed by atoms with Gasteiger partial charge in [-0.2, -0.15) is 0 Å². The molecule has 0 spiro atoms. The van der Waals surface area contributed by atoms with Crippen LogP contribution in [0, 0.1) is 5.92 Å². The molecule has 1 aromatic carbocycles. The Labute approximate surface area is 126 Å². The maximum Gasteiger partial charge on any atom is 0.313 e. The van der Waals surface area contributed by atoms with Crippen molar-refractivity contribution >= 4 is 17.5 Å². The molecule has 0 saturated heterocycles. The molecule has 0 heterocycles. The van der Waals surface area contributed by atoms with Crippen LogP contribution in [0.25, 0.3) is 0 Å². The molecule has 1 fully saturated rings. The van der Waals surface area contributed by atoms with Crippen molar-refractivity contribution in [3.63, 3.8) is 0 Å². The van der Waals surface area contributed by atoms with E-state index in [1.54, 1.807) is 0 Å². The number of nitrogens with one attached hydrogen (secondary N) is 2. The lowest BCUT2D eigenvalue weighted by atomic mass is 9.86. The molecule has 0 bridgehead atoms.